The van der Waals surface area contributed by atoms with E-state index in [0.717, 1.165) is 0 Å². The summed E-state index contributed by atoms with van der Waals surface area (Å²) in [5, 5.41) is 0. The van der Waals surface area contributed by atoms with E-state index >= 15 is 0 Å². The molecule has 0 saturated heterocycles. The Morgan fingerprint density at radius 3 is 2.44 bits per heavy atom. The number of ether oxygens (including phenoxy) is 1. The topological polar surface area (TPSA) is 47.3 Å². The highest BCUT2D eigenvalue weighted by atomic mass is 19.2. The molecule has 3 N–H and O–H groups in total. The van der Waals surface area contributed by atoms with E-state index in [0.29, 0.717) is 6.42 Å². The molecule has 1 aromatic rings. The summed E-state index contributed by atoms with van der Waals surface area (Å²) in [6.07, 6.45) is 0.430. The first-order valence-corrected chi connectivity index (χ1v) is 5.78. The number of aryl methyl sites for hydroxylation is 1. The van der Waals surface area contributed by atoms with Crippen molar-refractivity contribution in [1.82, 2.24) is 5.43 Å². The lowest BCUT2D eigenvalue weighted by molar-refractivity contribution is 0.00649. The highest BCUT2D eigenvalue weighted by Gasteiger charge is 2.26. The Labute approximate surface area is 106 Å². The van der Waals surface area contributed by atoms with E-state index in [9.17, 15) is 8.78 Å². The zero-order valence-corrected chi connectivity index (χ0v) is 11.2. The van der Waals surface area contributed by atoms with Crippen molar-refractivity contribution in [1.29, 1.82) is 0 Å². The van der Waals surface area contributed by atoms with Crippen LogP contribution < -0.4 is 11.3 Å². The third-order valence-corrected chi connectivity index (χ3v) is 3.13. The molecule has 0 heterocycles. The number of halogens is 2. The van der Waals surface area contributed by atoms with Gasteiger partial charge in [0.25, 0.3) is 0 Å². The van der Waals surface area contributed by atoms with Gasteiger partial charge in [0.1, 0.15) is 0 Å². The normalized spacial score (nSPS) is 13.7. The monoisotopic (exact) mass is 258 g/mol. The molecular weight excluding hydrogens is 238 g/mol. The van der Waals surface area contributed by atoms with E-state index in [1.165, 1.54) is 13.0 Å². The summed E-state index contributed by atoms with van der Waals surface area (Å²) in [5.41, 5.74) is 2.52. The first-order valence-electron chi connectivity index (χ1n) is 5.78. The van der Waals surface area contributed by atoms with Gasteiger partial charge in [-0.05, 0) is 32.8 Å². The van der Waals surface area contributed by atoms with E-state index in [4.69, 9.17) is 10.6 Å². The smallest absolute Gasteiger partial charge is 0.163 e. The average Bonchev–Trinajstić information content (AvgIpc) is 2.34. The minimum atomic E-state index is -0.857. The van der Waals surface area contributed by atoms with Gasteiger partial charge >= 0.3 is 0 Å². The number of rotatable bonds is 5. The largest absolute Gasteiger partial charge is 0.379 e. The molecule has 0 amide bonds. The van der Waals surface area contributed by atoms with Crippen molar-refractivity contribution >= 4 is 0 Å². The van der Waals surface area contributed by atoms with Crippen LogP contribution in [0.1, 0.15) is 37.4 Å². The molecule has 1 unspecified atom stereocenters. The molecule has 1 aromatic carbocycles. The first-order chi connectivity index (χ1) is 8.32. The van der Waals surface area contributed by atoms with Crippen LogP contribution in [0.5, 0.6) is 0 Å². The molecule has 0 aromatic heterocycles. The van der Waals surface area contributed by atoms with Crippen molar-refractivity contribution in [3.05, 3.63) is 34.9 Å². The van der Waals surface area contributed by atoms with E-state index in [2.05, 4.69) is 5.43 Å². The number of benzene rings is 1. The van der Waals surface area contributed by atoms with E-state index in [-0.39, 0.29) is 11.1 Å². The number of hydrogen-bond donors (Lipinski definition) is 2. The van der Waals surface area contributed by atoms with Gasteiger partial charge in [-0.3, -0.25) is 11.3 Å². The Morgan fingerprint density at radius 1 is 1.33 bits per heavy atom. The van der Waals surface area contributed by atoms with E-state index in [1.807, 2.05) is 13.8 Å². The fourth-order valence-corrected chi connectivity index (χ4v) is 1.76. The molecule has 18 heavy (non-hydrogen) atoms. The van der Waals surface area contributed by atoms with Crippen molar-refractivity contribution < 1.29 is 13.5 Å². The Morgan fingerprint density at radius 2 is 1.94 bits per heavy atom. The lowest BCUT2D eigenvalue weighted by Crippen LogP contribution is -2.36. The van der Waals surface area contributed by atoms with Crippen LogP contribution in [0.15, 0.2) is 12.1 Å². The molecule has 0 aliphatic rings. The minimum Gasteiger partial charge on any atom is -0.379 e. The fraction of sp³-hybridized carbons (Fsp3) is 0.538. The molecule has 0 radical (unpaired) electrons. The van der Waals surface area contributed by atoms with Gasteiger partial charge in [-0.15, -0.1) is 0 Å². The van der Waals surface area contributed by atoms with Gasteiger partial charge in [0.2, 0.25) is 0 Å². The summed E-state index contributed by atoms with van der Waals surface area (Å²) >= 11 is 0. The van der Waals surface area contributed by atoms with Crippen molar-refractivity contribution in [2.75, 3.05) is 7.11 Å². The Hall–Kier alpha value is -1.04. The number of nitrogens with one attached hydrogen (secondary N) is 1. The first kappa shape index (κ1) is 15.0. The molecule has 1 rings (SSSR count). The van der Waals surface area contributed by atoms with Crippen LogP contribution in [0.3, 0.4) is 0 Å². The lowest BCUT2D eigenvalue weighted by Gasteiger charge is -2.28. The van der Waals surface area contributed by atoms with Crippen LogP contribution in [0.2, 0.25) is 0 Å². The number of methoxy groups -OCH3 is 1. The lowest BCUT2D eigenvalue weighted by atomic mass is 9.93. The maximum absolute atomic E-state index is 13.9. The zero-order valence-electron chi connectivity index (χ0n) is 11.2. The van der Waals surface area contributed by atoms with Crippen molar-refractivity contribution in [2.45, 2.75) is 38.8 Å². The Bertz CT molecular complexity index is 422. The predicted octanol–water partition coefficient (Wildman–Crippen LogP) is 2.59. The summed E-state index contributed by atoms with van der Waals surface area (Å²) in [6.45, 7) is 5.24. The second kappa shape index (κ2) is 5.73. The second-order valence-corrected chi connectivity index (χ2v) is 4.99. The van der Waals surface area contributed by atoms with Gasteiger partial charge in [-0.1, -0.05) is 12.1 Å². The van der Waals surface area contributed by atoms with Crippen LogP contribution in [-0.4, -0.2) is 12.7 Å². The summed E-state index contributed by atoms with van der Waals surface area (Å²) in [5.74, 6) is 3.74. The minimum absolute atomic E-state index is 0.214. The third-order valence-electron chi connectivity index (χ3n) is 3.13. The summed E-state index contributed by atoms with van der Waals surface area (Å²) in [7, 11) is 1.57. The summed E-state index contributed by atoms with van der Waals surface area (Å²) in [6, 6.07) is 2.58. The highest BCUT2D eigenvalue weighted by Crippen LogP contribution is 2.28. The van der Waals surface area contributed by atoms with Crippen molar-refractivity contribution in [2.24, 2.45) is 5.84 Å². The molecular formula is C13H20F2N2O. The Balaban J connectivity index is 3.07. The molecule has 1 atom stereocenters. The molecule has 0 saturated carbocycles. The Kier molecular flexibility index (Phi) is 4.78. The highest BCUT2D eigenvalue weighted by molar-refractivity contribution is 5.28. The number of nitrogens with two attached hydrogens (primary N) is 1. The van der Waals surface area contributed by atoms with Gasteiger partial charge in [0.15, 0.2) is 11.6 Å². The predicted molar refractivity (Wildman–Crippen MR) is 66.9 cm³/mol. The molecule has 0 bridgehead atoms. The third kappa shape index (κ3) is 3.25. The van der Waals surface area contributed by atoms with E-state index < -0.39 is 23.3 Å². The molecule has 5 heteroatoms. The standard InChI is InChI=1S/C13H20F2N2O/c1-8-5-6-9(12(15)11(8)14)10(17-16)7-13(2,3)18-4/h5-6,10,17H,7,16H2,1-4H3. The van der Waals surface area contributed by atoms with Crippen LogP contribution in [0, 0.1) is 18.6 Å². The number of hydrazine groups is 1. The quantitative estimate of drug-likeness (QED) is 0.630. The summed E-state index contributed by atoms with van der Waals surface area (Å²) in [4.78, 5) is 0. The van der Waals surface area contributed by atoms with Crippen molar-refractivity contribution in [3.8, 4) is 0 Å². The molecule has 102 valence electrons. The van der Waals surface area contributed by atoms with E-state index in [1.54, 1.807) is 13.2 Å². The maximum atomic E-state index is 13.9. The molecule has 0 aliphatic heterocycles. The van der Waals surface area contributed by atoms with Gasteiger partial charge < -0.3 is 4.74 Å². The fourth-order valence-electron chi connectivity index (χ4n) is 1.76. The van der Waals surface area contributed by atoms with Crippen LogP contribution in [0.25, 0.3) is 0 Å². The molecule has 3 nitrogen and oxygen atoms in total. The maximum Gasteiger partial charge on any atom is 0.163 e. The molecule has 0 aliphatic carbocycles. The van der Waals surface area contributed by atoms with Crippen LogP contribution in [0.4, 0.5) is 8.78 Å². The summed E-state index contributed by atoms with van der Waals surface area (Å²) < 4.78 is 32.7. The van der Waals surface area contributed by atoms with Crippen LogP contribution in [-0.2, 0) is 4.74 Å². The van der Waals surface area contributed by atoms with Gasteiger partial charge in [-0.2, -0.15) is 0 Å². The SMILES string of the molecule is COC(C)(C)CC(NN)c1ccc(C)c(F)c1F. The van der Waals surface area contributed by atoms with Crippen LogP contribution >= 0.6 is 0 Å². The van der Waals surface area contributed by atoms with Gasteiger partial charge in [-0.25, -0.2) is 8.78 Å². The second-order valence-electron chi connectivity index (χ2n) is 4.99. The molecule has 0 fully saturated rings. The average molecular weight is 258 g/mol. The van der Waals surface area contributed by atoms with Crippen molar-refractivity contribution in [3.63, 3.8) is 0 Å². The zero-order chi connectivity index (χ0) is 13.9. The van der Waals surface area contributed by atoms with Gasteiger partial charge in [0.05, 0.1) is 11.6 Å². The van der Waals surface area contributed by atoms with Gasteiger partial charge in [0, 0.05) is 12.7 Å². The molecule has 0 spiro atoms. The number of hydrogen-bond acceptors (Lipinski definition) is 3.